The van der Waals surface area contributed by atoms with Crippen LogP contribution in [0.15, 0.2) is 54.6 Å². The number of imide groups is 1. The minimum atomic E-state index is -1.10. The Hall–Kier alpha value is -3.15. The summed E-state index contributed by atoms with van der Waals surface area (Å²) < 4.78 is 5.10. The van der Waals surface area contributed by atoms with Crippen molar-refractivity contribution in [1.82, 2.24) is 5.32 Å². The molecule has 1 atom stereocenters. The molecule has 3 amide bonds. The van der Waals surface area contributed by atoms with Gasteiger partial charge in [0.15, 0.2) is 6.10 Å². The summed E-state index contributed by atoms with van der Waals surface area (Å²) in [5.74, 6) is -1.32. The van der Waals surface area contributed by atoms with Crippen molar-refractivity contribution in [1.29, 1.82) is 0 Å². The van der Waals surface area contributed by atoms with E-state index in [1.807, 2.05) is 0 Å². The quantitative estimate of drug-likeness (QED) is 0.846. The zero-order valence-electron chi connectivity index (χ0n) is 13.4. The van der Waals surface area contributed by atoms with Crippen LogP contribution < -0.4 is 10.6 Å². The molecule has 1 unspecified atom stereocenters. The van der Waals surface area contributed by atoms with E-state index in [1.165, 1.54) is 6.92 Å². The summed E-state index contributed by atoms with van der Waals surface area (Å²) in [6, 6.07) is 14.9. The van der Waals surface area contributed by atoms with Gasteiger partial charge in [-0.3, -0.25) is 10.1 Å². The number of esters is 1. The highest BCUT2D eigenvalue weighted by Gasteiger charge is 2.21. The Morgan fingerprint density at radius 1 is 0.958 bits per heavy atom. The monoisotopic (exact) mass is 326 g/mol. The largest absolute Gasteiger partial charge is 0.449 e. The Balaban J connectivity index is 1.89. The van der Waals surface area contributed by atoms with Crippen LogP contribution in [-0.2, 0) is 9.53 Å². The summed E-state index contributed by atoms with van der Waals surface area (Å²) in [4.78, 5) is 35.8. The smallest absolute Gasteiger partial charge is 0.339 e. The molecule has 24 heavy (non-hydrogen) atoms. The maximum atomic E-state index is 12.1. The molecule has 2 aromatic rings. The number of anilines is 1. The standard InChI is InChI=1S/C18H18N2O4/c1-12-8-6-7-11-15(12)17(22)24-13(2)16(21)20-18(23)19-14-9-4-3-5-10-14/h3-11,13H,1-2H3,(H2,19,20,21,23). The normalized spacial score (nSPS) is 11.2. The number of para-hydroxylation sites is 1. The second-order valence-electron chi connectivity index (χ2n) is 5.17. The molecule has 0 aliphatic rings. The first-order valence-electron chi connectivity index (χ1n) is 7.41. The van der Waals surface area contributed by atoms with Crippen LogP contribution in [0.3, 0.4) is 0 Å². The van der Waals surface area contributed by atoms with Gasteiger partial charge in [-0.05, 0) is 37.6 Å². The summed E-state index contributed by atoms with van der Waals surface area (Å²) >= 11 is 0. The Kier molecular flexibility index (Phi) is 5.68. The van der Waals surface area contributed by atoms with Gasteiger partial charge in [0.05, 0.1) is 5.56 Å². The van der Waals surface area contributed by atoms with Gasteiger partial charge in [0.25, 0.3) is 5.91 Å². The van der Waals surface area contributed by atoms with Gasteiger partial charge in [-0.2, -0.15) is 0 Å². The van der Waals surface area contributed by atoms with E-state index < -0.39 is 24.0 Å². The number of nitrogens with one attached hydrogen (secondary N) is 2. The van der Waals surface area contributed by atoms with Crippen LogP contribution in [0.5, 0.6) is 0 Å². The number of rotatable bonds is 4. The molecule has 2 rings (SSSR count). The fourth-order valence-electron chi connectivity index (χ4n) is 1.98. The van der Waals surface area contributed by atoms with E-state index in [4.69, 9.17) is 4.74 Å². The molecule has 0 saturated heterocycles. The van der Waals surface area contributed by atoms with E-state index in [1.54, 1.807) is 61.5 Å². The van der Waals surface area contributed by atoms with Crippen LogP contribution in [0.25, 0.3) is 0 Å². The fraction of sp³-hybridized carbons (Fsp3) is 0.167. The summed E-state index contributed by atoms with van der Waals surface area (Å²) in [7, 11) is 0. The van der Waals surface area contributed by atoms with Crippen LogP contribution in [0.2, 0.25) is 0 Å². The van der Waals surface area contributed by atoms with E-state index >= 15 is 0 Å². The van der Waals surface area contributed by atoms with Gasteiger partial charge in [-0.1, -0.05) is 36.4 Å². The summed E-state index contributed by atoms with van der Waals surface area (Å²) in [5, 5.41) is 4.64. The van der Waals surface area contributed by atoms with E-state index in [0.717, 1.165) is 5.56 Å². The van der Waals surface area contributed by atoms with Gasteiger partial charge in [-0.15, -0.1) is 0 Å². The van der Waals surface area contributed by atoms with Crippen molar-refractivity contribution in [2.45, 2.75) is 20.0 Å². The molecule has 2 N–H and O–H groups in total. The van der Waals surface area contributed by atoms with Crippen molar-refractivity contribution in [2.24, 2.45) is 0 Å². The lowest BCUT2D eigenvalue weighted by Gasteiger charge is -2.14. The van der Waals surface area contributed by atoms with Crippen LogP contribution in [0.4, 0.5) is 10.5 Å². The summed E-state index contributed by atoms with van der Waals surface area (Å²) in [6.07, 6.45) is -1.10. The van der Waals surface area contributed by atoms with Crippen LogP contribution in [0, 0.1) is 6.92 Å². The number of benzene rings is 2. The molecule has 0 radical (unpaired) electrons. The number of urea groups is 1. The lowest BCUT2D eigenvalue weighted by atomic mass is 10.1. The van der Waals surface area contributed by atoms with E-state index in [2.05, 4.69) is 10.6 Å². The lowest BCUT2D eigenvalue weighted by Crippen LogP contribution is -2.41. The van der Waals surface area contributed by atoms with Gasteiger partial charge in [0.1, 0.15) is 0 Å². The van der Waals surface area contributed by atoms with Crippen LogP contribution in [-0.4, -0.2) is 24.0 Å². The van der Waals surface area contributed by atoms with Crippen LogP contribution in [0.1, 0.15) is 22.8 Å². The van der Waals surface area contributed by atoms with Gasteiger partial charge in [0.2, 0.25) is 0 Å². The molecule has 0 aliphatic carbocycles. The van der Waals surface area contributed by atoms with Crippen molar-refractivity contribution < 1.29 is 19.1 Å². The molecule has 0 spiro atoms. The first kappa shape index (κ1) is 17.2. The molecule has 0 bridgehead atoms. The zero-order chi connectivity index (χ0) is 17.5. The number of ether oxygens (including phenoxy) is 1. The zero-order valence-corrected chi connectivity index (χ0v) is 13.4. The summed E-state index contributed by atoms with van der Waals surface area (Å²) in [6.45, 7) is 3.18. The van der Waals surface area contributed by atoms with Gasteiger partial charge >= 0.3 is 12.0 Å². The molecular weight excluding hydrogens is 308 g/mol. The molecule has 0 saturated carbocycles. The average Bonchev–Trinajstić information content (AvgIpc) is 2.55. The first-order chi connectivity index (χ1) is 11.5. The third kappa shape index (κ3) is 4.67. The lowest BCUT2D eigenvalue weighted by molar-refractivity contribution is -0.127. The predicted octanol–water partition coefficient (Wildman–Crippen LogP) is 2.89. The van der Waals surface area contributed by atoms with Crippen molar-refractivity contribution in [2.75, 3.05) is 5.32 Å². The highest BCUT2D eigenvalue weighted by atomic mass is 16.5. The third-order valence-corrected chi connectivity index (χ3v) is 3.29. The number of aryl methyl sites for hydroxylation is 1. The van der Waals surface area contributed by atoms with E-state index in [0.29, 0.717) is 11.3 Å². The molecule has 6 nitrogen and oxygen atoms in total. The minimum Gasteiger partial charge on any atom is -0.449 e. The minimum absolute atomic E-state index is 0.380. The number of amides is 3. The predicted molar refractivity (Wildman–Crippen MR) is 89.7 cm³/mol. The Labute approximate surface area is 139 Å². The average molecular weight is 326 g/mol. The maximum Gasteiger partial charge on any atom is 0.339 e. The summed E-state index contributed by atoms with van der Waals surface area (Å²) in [5.41, 5.74) is 1.68. The van der Waals surface area contributed by atoms with E-state index in [-0.39, 0.29) is 0 Å². The van der Waals surface area contributed by atoms with E-state index in [9.17, 15) is 14.4 Å². The Morgan fingerprint density at radius 3 is 2.25 bits per heavy atom. The molecule has 0 aliphatic heterocycles. The SMILES string of the molecule is Cc1ccccc1C(=O)OC(C)C(=O)NC(=O)Nc1ccccc1. The second-order valence-corrected chi connectivity index (χ2v) is 5.17. The molecule has 6 heteroatoms. The van der Waals surface area contributed by atoms with Crippen molar-refractivity contribution in [3.05, 3.63) is 65.7 Å². The van der Waals surface area contributed by atoms with Crippen molar-refractivity contribution in [3.8, 4) is 0 Å². The fourth-order valence-corrected chi connectivity index (χ4v) is 1.98. The number of hydrogen-bond acceptors (Lipinski definition) is 4. The Bertz CT molecular complexity index is 744. The maximum absolute atomic E-state index is 12.1. The molecule has 2 aromatic carbocycles. The molecule has 124 valence electrons. The molecule has 0 aromatic heterocycles. The first-order valence-corrected chi connectivity index (χ1v) is 7.41. The topological polar surface area (TPSA) is 84.5 Å². The highest BCUT2D eigenvalue weighted by Crippen LogP contribution is 2.10. The van der Waals surface area contributed by atoms with Crippen LogP contribution >= 0.6 is 0 Å². The molecular formula is C18H18N2O4. The number of carbonyl (C=O) groups is 3. The van der Waals surface area contributed by atoms with Crippen molar-refractivity contribution in [3.63, 3.8) is 0 Å². The number of hydrogen-bond donors (Lipinski definition) is 2. The third-order valence-electron chi connectivity index (χ3n) is 3.29. The van der Waals surface area contributed by atoms with Gasteiger partial charge < -0.3 is 10.1 Å². The molecule has 0 fully saturated rings. The van der Waals surface area contributed by atoms with Gasteiger partial charge in [-0.25, -0.2) is 9.59 Å². The van der Waals surface area contributed by atoms with Crippen molar-refractivity contribution >= 4 is 23.6 Å². The van der Waals surface area contributed by atoms with Gasteiger partial charge in [0, 0.05) is 5.69 Å². The second kappa shape index (κ2) is 7.92. The Morgan fingerprint density at radius 2 is 1.58 bits per heavy atom. The number of carbonyl (C=O) groups excluding carboxylic acids is 3. The molecule has 0 heterocycles. The highest BCUT2D eigenvalue weighted by molar-refractivity contribution is 6.03.